The standard InChI is InChI=1S/C79H157NO35/c1-3-5-6-7-8-9-11-80-79(82)77-115-75-73-113-71-69-111-67-65-109-63-61-107-59-57-105-55-53-103-51-49-101-47-45-99-43-41-97-39-37-95-35-33-93-31-29-91-27-25-89-23-21-87-19-17-85-15-13-83-12-14-84-16-18-86-20-22-88-24-26-90-28-30-92-32-34-94-36-38-96-40-42-98-44-46-100-48-50-102-52-54-104-56-58-106-60-62-108-64-66-110-68-70-112-72-74-114-76-78(81)10-4-2/h3-77H2,1-2H3,(H,80,82). The summed E-state index contributed by atoms with van der Waals surface area (Å²) in [6.45, 7) is 35.3. The zero-order valence-corrected chi connectivity index (χ0v) is 70.8. The van der Waals surface area contributed by atoms with Gasteiger partial charge in [0.1, 0.15) is 13.2 Å². The van der Waals surface area contributed by atoms with Crippen LogP contribution in [-0.2, 0) is 166 Å². The van der Waals surface area contributed by atoms with Crippen molar-refractivity contribution in [1.29, 1.82) is 0 Å². The predicted molar refractivity (Wildman–Crippen MR) is 423 cm³/mol. The molecule has 688 valence electrons. The van der Waals surface area contributed by atoms with Crippen molar-refractivity contribution < 1.29 is 166 Å². The van der Waals surface area contributed by atoms with E-state index in [9.17, 15) is 9.59 Å². The topological polar surface area (TPSA) is 351 Å². The Morgan fingerprint density at radius 1 is 0.157 bits per heavy atom. The first-order valence-electron chi connectivity index (χ1n) is 42.0. The largest absolute Gasteiger partial charge is 0.377 e. The molecule has 0 atom stereocenters. The molecule has 0 aromatic heterocycles. The van der Waals surface area contributed by atoms with Crippen LogP contribution in [0.25, 0.3) is 0 Å². The fraction of sp³-hybridized carbons (Fsp3) is 0.975. The molecule has 1 amide bonds. The molecule has 0 aromatic carbocycles. The van der Waals surface area contributed by atoms with Crippen molar-refractivity contribution in [2.24, 2.45) is 0 Å². The van der Waals surface area contributed by atoms with Crippen LogP contribution in [0, 0.1) is 0 Å². The molecule has 0 rings (SSSR count). The Labute approximate surface area is 688 Å². The van der Waals surface area contributed by atoms with Gasteiger partial charge >= 0.3 is 0 Å². The molecule has 115 heavy (non-hydrogen) atoms. The van der Waals surface area contributed by atoms with Crippen molar-refractivity contribution in [2.75, 3.05) is 443 Å². The summed E-state index contributed by atoms with van der Waals surface area (Å²) in [4.78, 5) is 23.2. The Morgan fingerprint density at radius 3 is 0.435 bits per heavy atom. The number of unbranched alkanes of at least 4 members (excludes halogenated alkanes) is 5. The summed E-state index contributed by atoms with van der Waals surface area (Å²) in [7, 11) is 0. The van der Waals surface area contributed by atoms with Crippen LogP contribution in [0.3, 0.4) is 0 Å². The maximum absolute atomic E-state index is 11.8. The molecule has 36 heteroatoms. The van der Waals surface area contributed by atoms with Crippen LogP contribution in [0.1, 0.15) is 65.2 Å². The number of Topliss-reactive ketones (excluding diaryl/α,β-unsaturated/α-hetero) is 1. The van der Waals surface area contributed by atoms with E-state index in [0.29, 0.717) is 436 Å². The van der Waals surface area contributed by atoms with Crippen molar-refractivity contribution in [3.8, 4) is 0 Å². The molecule has 0 aromatic rings. The third kappa shape index (κ3) is 108. The fourth-order valence-electron chi connectivity index (χ4n) is 8.82. The number of carbonyl (C=O) groups excluding carboxylic acids is 2. The zero-order chi connectivity index (χ0) is 82.2. The summed E-state index contributed by atoms with van der Waals surface area (Å²) < 4.78 is 182. The molecule has 36 nitrogen and oxygen atoms in total. The van der Waals surface area contributed by atoms with Crippen LogP contribution >= 0.6 is 0 Å². The second-order valence-corrected chi connectivity index (χ2v) is 24.5. The summed E-state index contributed by atoms with van der Waals surface area (Å²) >= 11 is 0. The van der Waals surface area contributed by atoms with Crippen molar-refractivity contribution in [1.82, 2.24) is 5.32 Å². The van der Waals surface area contributed by atoms with Gasteiger partial charge in [0.15, 0.2) is 5.78 Å². The highest BCUT2D eigenvalue weighted by Crippen LogP contribution is 2.04. The maximum atomic E-state index is 11.8. The van der Waals surface area contributed by atoms with Gasteiger partial charge in [-0.3, -0.25) is 9.59 Å². The smallest absolute Gasteiger partial charge is 0.245 e. The number of hydrogen-bond acceptors (Lipinski definition) is 35. The highest BCUT2D eigenvalue weighted by molar-refractivity contribution is 5.79. The van der Waals surface area contributed by atoms with Gasteiger partial charge in [0.2, 0.25) is 5.91 Å². The number of nitrogens with one attached hydrogen (secondary N) is 1. The molecule has 0 heterocycles. The Balaban J connectivity index is 3.11. The average Bonchev–Trinajstić information content (AvgIpc) is 1.20. The lowest BCUT2D eigenvalue weighted by atomic mass is 10.1. The second kappa shape index (κ2) is 108. The Bertz CT molecular complexity index is 1770. The minimum atomic E-state index is -0.0836. The van der Waals surface area contributed by atoms with Gasteiger partial charge in [-0.1, -0.05) is 46.0 Å². The molecule has 0 bridgehead atoms. The van der Waals surface area contributed by atoms with E-state index >= 15 is 0 Å². The van der Waals surface area contributed by atoms with E-state index in [1.54, 1.807) is 0 Å². The third-order valence-electron chi connectivity index (χ3n) is 14.8. The molecule has 0 unspecified atom stereocenters. The predicted octanol–water partition coefficient (Wildman–Crippen LogP) is 3.38. The lowest BCUT2D eigenvalue weighted by Crippen LogP contribution is -2.29. The van der Waals surface area contributed by atoms with Crippen LogP contribution in [0.2, 0.25) is 0 Å². The molecule has 0 saturated carbocycles. The Morgan fingerprint density at radius 2 is 0.287 bits per heavy atom. The Kier molecular flexibility index (Phi) is 106. The van der Waals surface area contributed by atoms with Gasteiger partial charge < -0.3 is 162 Å². The number of rotatable bonds is 109. The minimum Gasteiger partial charge on any atom is -0.377 e. The lowest BCUT2D eigenvalue weighted by molar-refractivity contribution is -0.126. The van der Waals surface area contributed by atoms with Gasteiger partial charge in [-0.25, -0.2) is 0 Å². The fourth-order valence-corrected chi connectivity index (χ4v) is 8.82. The van der Waals surface area contributed by atoms with Gasteiger partial charge in [0.25, 0.3) is 0 Å². The van der Waals surface area contributed by atoms with E-state index in [2.05, 4.69) is 12.2 Å². The molecule has 0 fully saturated rings. The molecular formula is C79H157NO35. The van der Waals surface area contributed by atoms with Gasteiger partial charge in [-0.05, 0) is 12.8 Å². The second-order valence-electron chi connectivity index (χ2n) is 24.5. The Hall–Kier alpha value is -2.18. The van der Waals surface area contributed by atoms with Crippen LogP contribution in [-0.4, -0.2) is 454 Å². The lowest BCUT2D eigenvalue weighted by Gasteiger charge is -2.09. The summed E-state index contributed by atoms with van der Waals surface area (Å²) in [6.07, 6.45) is 8.57. The highest BCUT2D eigenvalue weighted by Gasteiger charge is 2.06. The SMILES string of the molecule is CCCCCCCCNC(=O)COCCOCCOCCOCCOCCOCCOCCOCCOCCOCCOCCOCCOCCOCCOCCOCCOCCOCCOCCOCCOCCOCCOCCOCCOCCOCCOCCOCCOCCOCCOCCOCCOCC(=O)CCC. The molecular weight excluding hydrogens is 1520 g/mol. The van der Waals surface area contributed by atoms with Gasteiger partial charge in [0, 0.05) is 13.0 Å². The highest BCUT2D eigenvalue weighted by atomic mass is 16.6. The number of ether oxygens (including phenoxy) is 33. The summed E-state index contributed by atoms with van der Waals surface area (Å²) in [5, 5.41) is 2.89. The molecule has 0 spiro atoms. The normalized spacial score (nSPS) is 11.7. The number of hydrogen-bond donors (Lipinski definition) is 1. The first-order valence-corrected chi connectivity index (χ1v) is 42.0. The maximum Gasteiger partial charge on any atom is 0.245 e. The first-order chi connectivity index (χ1) is 57.2. The van der Waals surface area contributed by atoms with E-state index in [0.717, 1.165) is 19.3 Å². The van der Waals surface area contributed by atoms with E-state index in [-0.39, 0.29) is 24.9 Å². The number of carbonyl (C=O) groups is 2. The molecule has 0 radical (unpaired) electrons. The molecule has 0 aliphatic rings. The van der Waals surface area contributed by atoms with Crippen LogP contribution in [0.15, 0.2) is 0 Å². The monoisotopic (exact) mass is 1680 g/mol. The van der Waals surface area contributed by atoms with Crippen LogP contribution in [0.4, 0.5) is 0 Å². The first kappa shape index (κ1) is 113. The van der Waals surface area contributed by atoms with Crippen LogP contribution < -0.4 is 5.32 Å². The number of amides is 1. The molecule has 0 saturated heterocycles. The minimum absolute atomic E-state index is 0.0572. The van der Waals surface area contributed by atoms with E-state index in [4.69, 9.17) is 156 Å². The van der Waals surface area contributed by atoms with Crippen molar-refractivity contribution >= 4 is 11.7 Å². The average molecular weight is 1680 g/mol. The van der Waals surface area contributed by atoms with Crippen molar-refractivity contribution in [2.45, 2.75) is 65.2 Å². The zero-order valence-electron chi connectivity index (χ0n) is 70.8. The third-order valence-corrected chi connectivity index (χ3v) is 14.8. The number of ketones is 1. The summed E-state index contributed by atoms with van der Waals surface area (Å²) in [5.74, 6) is 0.0355. The van der Waals surface area contributed by atoms with Gasteiger partial charge in [-0.15, -0.1) is 0 Å². The van der Waals surface area contributed by atoms with Crippen LogP contribution in [0.5, 0.6) is 0 Å². The van der Waals surface area contributed by atoms with Gasteiger partial charge in [-0.2, -0.15) is 0 Å². The van der Waals surface area contributed by atoms with Crippen molar-refractivity contribution in [3.05, 3.63) is 0 Å². The van der Waals surface area contributed by atoms with Crippen molar-refractivity contribution in [3.63, 3.8) is 0 Å². The molecule has 1 N–H and O–H groups in total. The van der Waals surface area contributed by atoms with E-state index in [1.165, 1.54) is 25.7 Å². The van der Waals surface area contributed by atoms with E-state index < -0.39 is 0 Å². The molecule has 0 aliphatic carbocycles. The molecule has 0 aliphatic heterocycles. The van der Waals surface area contributed by atoms with Gasteiger partial charge in [0.05, 0.1) is 423 Å². The summed E-state index contributed by atoms with van der Waals surface area (Å²) in [5.41, 5.74) is 0. The quantitative estimate of drug-likeness (QED) is 0.0853. The summed E-state index contributed by atoms with van der Waals surface area (Å²) in [6, 6.07) is 0. The van der Waals surface area contributed by atoms with E-state index in [1.807, 2.05) is 6.92 Å².